The number of hydrogen-bond donors (Lipinski definition) is 1. The van der Waals surface area contributed by atoms with Gasteiger partial charge in [-0.15, -0.1) is 0 Å². The van der Waals surface area contributed by atoms with Crippen molar-refractivity contribution < 1.29 is 9.90 Å². The largest absolute Gasteiger partial charge is 0.481 e. The number of carboxylic acids is 1. The summed E-state index contributed by atoms with van der Waals surface area (Å²) in [5, 5.41) is 8.55. The maximum absolute atomic E-state index is 10.4. The Kier molecular flexibility index (Phi) is 9.44. The lowest BCUT2D eigenvalue weighted by atomic mass is 10.1. The van der Waals surface area contributed by atoms with E-state index >= 15 is 0 Å². The third kappa shape index (κ3) is 9.17. The van der Waals surface area contributed by atoms with E-state index in [4.69, 9.17) is 5.11 Å². The number of carboxylic acid groups (broad SMARTS) is 1. The number of rotatable bonds is 13. The van der Waals surface area contributed by atoms with Crippen LogP contribution in [0.15, 0.2) is 12.2 Å². The van der Waals surface area contributed by atoms with Crippen molar-refractivity contribution in [2.75, 3.05) is 0 Å². The molecule has 1 saturated carbocycles. The first kappa shape index (κ1) is 17.3. The highest BCUT2D eigenvalue weighted by Crippen LogP contribution is 2.45. The Balaban J connectivity index is 1.83. The van der Waals surface area contributed by atoms with E-state index in [2.05, 4.69) is 19.1 Å². The van der Waals surface area contributed by atoms with E-state index in [9.17, 15) is 4.79 Å². The molecule has 1 aliphatic carbocycles. The maximum Gasteiger partial charge on any atom is 0.303 e. The van der Waals surface area contributed by atoms with Gasteiger partial charge in [-0.25, -0.2) is 0 Å². The average Bonchev–Trinajstić information content (AvgIpc) is 3.16. The molecule has 0 amide bonds. The molecule has 0 heterocycles. The van der Waals surface area contributed by atoms with Crippen LogP contribution in [-0.4, -0.2) is 11.1 Å². The highest BCUT2D eigenvalue weighted by Gasteiger charge is 2.34. The maximum atomic E-state index is 10.4. The Morgan fingerprint density at radius 3 is 2.35 bits per heavy atom. The summed E-state index contributed by atoms with van der Waals surface area (Å²) < 4.78 is 0. The second-order valence-corrected chi connectivity index (χ2v) is 6.29. The van der Waals surface area contributed by atoms with Gasteiger partial charge in [-0.05, 0) is 50.4 Å². The van der Waals surface area contributed by atoms with E-state index in [1.165, 1.54) is 57.8 Å². The molecule has 2 nitrogen and oxygen atoms in total. The lowest BCUT2D eigenvalue weighted by molar-refractivity contribution is -0.137. The van der Waals surface area contributed by atoms with Gasteiger partial charge in [0.25, 0.3) is 0 Å². The molecule has 0 aromatic rings. The molecule has 1 rings (SSSR count). The monoisotopic (exact) mass is 280 g/mol. The summed E-state index contributed by atoms with van der Waals surface area (Å²) in [7, 11) is 0. The van der Waals surface area contributed by atoms with Gasteiger partial charge in [-0.1, -0.05) is 51.2 Å². The topological polar surface area (TPSA) is 37.3 Å². The minimum absolute atomic E-state index is 0.345. The predicted octanol–water partition coefficient (Wildman–Crippen LogP) is 5.57. The molecule has 0 radical (unpaired) electrons. The van der Waals surface area contributed by atoms with Gasteiger partial charge >= 0.3 is 5.97 Å². The fourth-order valence-electron chi connectivity index (χ4n) is 2.95. The first-order chi connectivity index (χ1) is 9.74. The van der Waals surface area contributed by atoms with Crippen LogP contribution < -0.4 is 0 Å². The van der Waals surface area contributed by atoms with Gasteiger partial charge in [0.2, 0.25) is 0 Å². The van der Waals surface area contributed by atoms with E-state index in [1.54, 1.807) is 0 Å². The third-order valence-corrected chi connectivity index (χ3v) is 4.35. The molecule has 0 spiro atoms. The highest BCUT2D eigenvalue weighted by molar-refractivity contribution is 5.66. The van der Waals surface area contributed by atoms with Gasteiger partial charge in [0.05, 0.1) is 0 Å². The SMILES string of the molecule is CCCC=CCCCC1CC1CCCCCCC(=O)O. The molecule has 1 fully saturated rings. The molecule has 1 aliphatic rings. The van der Waals surface area contributed by atoms with Gasteiger partial charge in [0.15, 0.2) is 0 Å². The molecular formula is C18H32O2. The van der Waals surface area contributed by atoms with Crippen molar-refractivity contribution in [1.82, 2.24) is 0 Å². The van der Waals surface area contributed by atoms with Crippen molar-refractivity contribution >= 4 is 5.97 Å². The van der Waals surface area contributed by atoms with Crippen LogP contribution >= 0.6 is 0 Å². The molecule has 0 saturated heterocycles. The van der Waals surface area contributed by atoms with Crippen molar-refractivity contribution in [1.29, 1.82) is 0 Å². The highest BCUT2D eigenvalue weighted by atomic mass is 16.4. The number of allylic oxidation sites excluding steroid dienone is 2. The Morgan fingerprint density at radius 1 is 1.00 bits per heavy atom. The summed E-state index contributed by atoms with van der Waals surface area (Å²) in [5.41, 5.74) is 0. The molecule has 0 aromatic carbocycles. The van der Waals surface area contributed by atoms with E-state index in [1.807, 2.05) is 0 Å². The summed E-state index contributed by atoms with van der Waals surface area (Å²) in [6.07, 6.45) is 18.8. The predicted molar refractivity (Wildman–Crippen MR) is 84.8 cm³/mol. The number of aliphatic carboxylic acids is 1. The van der Waals surface area contributed by atoms with Crippen LogP contribution in [0.25, 0.3) is 0 Å². The molecule has 2 atom stereocenters. The molecule has 0 bridgehead atoms. The molecule has 1 N–H and O–H groups in total. The van der Waals surface area contributed by atoms with Crippen LogP contribution in [0, 0.1) is 11.8 Å². The zero-order valence-corrected chi connectivity index (χ0v) is 13.2. The van der Waals surface area contributed by atoms with Gasteiger partial charge in [-0.3, -0.25) is 4.79 Å². The second-order valence-electron chi connectivity index (χ2n) is 6.29. The van der Waals surface area contributed by atoms with Crippen molar-refractivity contribution in [3.8, 4) is 0 Å². The molecule has 2 unspecified atom stereocenters. The standard InChI is InChI=1S/C18H32O2/c1-2-3-4-5-6-9-12-16-15-17(16)13-10-7-8-11-14-18(19)20/h4-5,16-17H,2-3,6-15H2,1H3,(H,19,20). The molecule has 0 aliphatic heterocycles. The van der Waals surface area contributed by atoms with E-state index in [-0.39, 0.29) is 0 Å². The quantitative estimate of drug-likeness (QED) is 0.353. The van der Waals surface area contributed by atoms with Gasteiger partial charge < -0.3 is 5.11 Å². The average molecular weight is 280 g/mol. The lowest BCUT2D eigenvalue weighted by Crippen LogP contribution is -1.93. The fourth-order valence-corrected chi connectivity index (χ4v) is 2.95. The van der Waals surface area contributed by atoms with Crippen molar-refractivity contribution in [2.24, 2.45) is 11.8 Å². The lowest BCUT2D eigenvalue weighted by Gasteiger charge is -2.01. The van der Waals surface area contributed by atoms with E-state index in [0.717, 1.165) is 24.7 Å². The normalized spacial score (nSPS) is 21.4. The third-order valence-electron chi connectivity index (χ3n) is 4.35. The van der Waals surface area contributed by atoms with E-state index in [0.29, 0.717) is 6.42 Å². The zero-order chi connectivity index (χ0) is 14.6. The van der Waals surface area contributed by atoms with Crippen molar-refractivity contribution in [2.45, 2.75) is 84.0 Å². The fraction of sp³-hybridized carbons (Fsp3) is 0.833. The summed E-state index contributed by atoms with van der Waals surface area (Å²) in [4.78, 5) is 10.4. The zero-order valence-electron chi connectivity index (χ0n) is 13.2. The smallest absolute Gasteiger partial charge is 0.303 e. The van der Waals surface area contributed by atoms with Gasteiger partial charge in [0.1, 0.15) is 0 Å². The minimum Gasteiger partial charge on any atom is -0.481 e. The molecular weight excluding hydrogens is 248 g/mol. The van der Waals surface area contributed by atoms with Crippen LogP contribution in [0.2, 0.25) is 0 Å². The van der Waals surface area contributed by atoms with Crippen LogP contribution in [0.3, 0.4) is 0 Å². The first-order valence-corrected chi connectivity index (χ1v) is 8.60. The summed E-state index contributed by atoms with van der Waals surface area (Å²) in [6.45, 7) is 2.22. The Morgan fingerprint density at radius 2 is 1.65 bits per heavy atom. The van der Waals surface area contributed by atoms with Crippen LogP contribution in [0.5, 0.6) is 0 Å². The van der Waals surface area contributed by atoms with Gasteiger partial charge in [0, 0.05) is 6.42 Å². The van der Waals surface area contributed by atoms with Crippen molar-refractivity contribution in [3.63, 3.8) is 0 Å². The molecule has 2 heteroatoms. The molecule has 0 aromatic heterocycles. The van der Waals surface area contributed by atoms with Crippen molar-refractivity contribution in [3.05, 3.63) is 12.2 Å². The Bertz CT molecular complexity index is 283. The van der Waals surface area contributed by atoms with Crippen LogP contribution in [0.1, 0.15) is 84.0 Å². The summed E-state index contributed by atoms with van der Waals surface area (Å²) >= 11 is 0. The second kappa shape index (κ2) is 10.9. The first-order valence-electron chi connectivity index (χ1n) is 8.60. The summed E-state index contributed by atoms with van der Waals surface area (Å²) in [6, 6.07) is 0. The Hall–Kier alpha value is -0.790. The Labute approximate surface area is 124 Å². The van der Waals surface area contributed by atoms with Gasteiger partial charge in [-0.2, -0.15) is 0 Å². The van der Waals surface area contributed by atoms with Crippen LogP contribution in [-0.2, 0) is 4.79 Å². The van der Waals surface area contributed by atoms with E-state index < -0.39 is 5.97 Å². The number of carbonyl (C=O) groups is 1. The minimum atomic E-state index is -0.653. The number of hydrogen-bond acceptors (Lipinski definition) is 1. The van der Waals surface area contributed by atoms with Crippen LogP contribution in [0.4, 0.5) is 0 Å². The number of unbranched alkanes of at least 4 members (excludes halogenated alkanes) is 5. The molecule has 20 heavy (non-hydrogen) atoms. The molecule has 116 valence electrons. The summed E-state index contributed by atoms with van der Waals surface area (Å²) in [5.74, 6) is 1.35.